The van der Waals surface area contributed by atoms with E-state index in [1.54, 1.807) is 0 Å². The minimum absolute atomic E-state index is 1.11. The Labute approximate surface area is 394 Å². The molecule has 0 fully saturated rings. The second-order valence-corrected chi connectivity index (χ2v) is 18.5. The molecule has 0 bridgehead atoms. The van der Waals surface area contributed by atoms with Gasteiger partial charge in [0.1, 0.15) is 0 Å². The molecule has 0 aliphatic carbocycles. The maximum atomic E-state index is 2.54. The number of hydrogen-bond donors (Lipinski definition) is 0. The Morgan fingerprint density at radius 3 is 1.44 bits per heavy atom. The van der Waals surface area contributed by atoms with E-state index in [1.165, 1.54) is 126 Å². The van der Waals surface area contributed by atoms with Crippen LogP contribution in [0.25, 0.3) is 114 Å². The highest BCUT2D eigenvalue weighted by Gasteiger charge is 2.24. The first-order valence-corrected chi connectivity index (χ1v) is 23.7. The first-order valence-electron chi connectivity index (χ1n) is 23.7. The number of nitrogens with zero attached hydrogens (tertiary/aromatic N) is 2. The predicted molar refractivity (Wildman–Crippen MR) is 292 cm³/mol. The molecular formula is C66H44N2. The normalized spacial score (nSPS) is 12.0. The molecule has 0 radical (unpaired) electrons. The minimum atomic E-state index is 1.11. The van der Waals surface area contributed by atoms with Crippen molar-refractivity contribution in [2.45, 2.75) is 13.8 Å². The summed E-state index contributed by atoms with van der Waals surface area (Å²) in [5.74, 6) is 0. The second kappa shape index (κ2) is 14.9. The van der Waals surface area contributed by atoms with E-state index in [9.17, 15) is 0 Å². The van der Waals surface area contributed by atoms with Crippen LogP contribution >= 0.6 is 0 Å². The molecule has 0 saturated heterocycles. The van der Waals surface area contributed by atoms with Crippen molar-refractivity contribution in [2.24, 2.45) is 0 Å². The van der Waals surface area contributed by atoms with E-state index in [1.807, 2.05) is 0 Å². The van der Waals surface area contributed by atoms with Crippen LogP contribution in [-0.4, -0.2) is 4.57 Å². The van der Waals surface area contributed by atoms with Gasteiger partial charge >= 0.3 is 0 Å². The number of anilines is 3. The number of aromatic nitrogens is 1. The summed E-state index contributed by atoms with van der Waals surface area (Å²) in [5, 5.41) is 18.8. The van der Waals surface area contributed by atoms with Gasteiger partial charge in [-0.2, -0.15) is 0 Å². The summed E-state index contributed by atoms with van der Waals surface area (Å²) in [4.78, 5) is 2.39. The second-order valence-electron chi connectivity index (χ2n) is 18.5. The number of benzene rings is 13. The standard InChI is InChI=1S/C66H44N2/c1-41-42(2)67(61-35-31-47-27-26-45-18-13-19-46-30-33-56(61)66(47)63(45)46)62-40-60-59(39-57(41)62)65(51-29-25-44-15-10-12-17-49(44)37-51)58-38-54(68(52-20-5-3-6-21-52)53-22-7-4-8-23-53)32-34-55(58)64(60)50-28-24-43-14-9-11-16-48(43)36-50/h3-40H,1-2H3. The van der Waals surface area contributed by atoms with Crippen LogP contribution in [0.1, 0.15) is 11.3 Å². The lowest BCUT2D eigenvalue weighted by atomic mass is 9.84. The van der Waals surface area contributed by atoms with E-state index in [-0.39, 0.29) is 0 Å². The average molecular weight is 865 g/mol. The highest BCUT2D eigenvalue weighted by atomic mass is 15.1. The van der Waals surface area contributed by atoms with Crippen molar-refractivity contribution in [2.75, 3.05) is 4.90 Å². The van der Waals surface area contributed by atoms with Crippen LogP contribution in [0.3, 0.4) is 0 Å². The average Bonchev–Trinajstić information content (AvgIpc) is 3.63. The Hall–Kier alpha value is -8.72. The van der Waals surface area contributed by atoms with Gasteiger partial charge in [-0.15, -0.1) is 0 Å². The van der Waals surface area contributed by atoms with Crippen LogP contribution in [0.2, 0.25) is 0 Å². The van der Waals surface area contributed by atoms with Gasteiger partial charge in [0, 0.05) is 33.5 Å². The Morgan fingerprint density at radius 2 is 0.794 bits per heavy atom. The molecule has 0 N–H and O–H groups in total. The van der Waals surface area contributed by atoms with Gasteiger partial charge in [-0.05, 0) is 178 Å². The molecule has 1 heterocycles. The number of fused-ring (bicyclic) bond motifs is 5. The summed E-state index contributed by atoms with van der Waals surface area (Å²) in [6.07, 6.45) is 0. The highest BCUT2D eigenvalue weighted by Crippen LogP contribution is 2.49. The first-order chi connectivity index (χ1) is 33.6. The topological polar surface area (TPSA) is 8.17 Å². The molecule has 2 heteroatoms. The van der Waals surface area contributed by atoms with Crippen molar-refractivity contribution in [1.82, 2.24) is 4.57 Å². The zero-order chi connectivity index (χ0) is 45.0. The first kappa shape index (κ1) is 38.5. The van der Waals surface area contributed by atoms with E-state index < -0.39 is 0 Å². The number of aryl methyl sites for hydroxylation is 1. The molecule has 13 aromatic carbocycles. The Kier molecular flexibility index (Phi) is 8.45. The summed E-state index contributed by atoms with van der Waals surface area (Å²) in [7, 11) is 0. The van der Waals surface area contributed by atoms with Crippen molar-refractivity contribution in [1.29, 1.82) is 0 Å². The SMILES string of the molecule is Cc1c(C)n(-c2ccc3ccc4cccc5ccc2c3c45)c2cc3c(-c4ccc5ccccc5c4)c4ccc(N(c5ccccc5)c5ccccc5)cc4c(-c4ccc5ccccc5c4)c3cc12. The molecule has 0 aliphatic heterocycles. The van der Waals surface area contributed by atoms with Gasteiger partial charge in [0.15, 0.2) is 0 Å². The van der Waals surface area contributed by atoms with Gasteiger partial charge in [-0.25, -0.2) is 0 Å². The maximum Gasteiger partial charge on any atom is 0.0540 e. The van der Waals surface area contributed by atoms with Gasteiger partial charge in [0.2, 0.25) is 0 Å². The Morgan fingerprint density at radius 1 is 0.309 bits per heavy atom. The van der Waals surface area contributed by atoms with Gasteiger partial charge in [-0.3, -0.25) is 0 Å². The molecule has 68 heavy (non-hydrogen) atoms. The fraction of sp³-hybridized carbons (Fsp3) is 0.0303. The molecule has 14 rings (SSSR count). The quantitative estimate of drug-likeness (QED) is 0.119. The smallest absolute Gasteiger partial charge is 0.0540 e. The third kappa shape index (κ3) is 5.77. The fourth-order valence-electron chi connectivity index (χ4n) is 11.6. The summed E-state index contributed by atoms with van der Waals surface area (Å²) in [5.41, 5.74) is 13.2. The molecule has 1 aromatic heterocycles. The van der Waals surface area contributed by atoms with Crippen LogP contribution < -0.4 is 4.90 Å². The highest BCUT2D eigenvalue weighted by molar-refractivity contribution is 6.27. The fourth-order valence-corrected chi connectivity index (χ4v) is 11.6. The Bertz CT molecular complexity index is 4280. The van der Waals surface area contributed by atoms with Crippen LogP contribution in [0.4, 0.5) is 17.1 Å². The molecule has 0 saturated carbocycles. The lowest BCUT2D eigenvalue weighted by Gasteiger charge is -2.27. The van der Waals surface area contributed by atoms with E-state index in [4.69, 9.17) is 0 Å². The van der Waals surface area contributed by atoms with Crippen molar-refractivity contribution in [3.8, 4) is 27.9 Å². The monoisotopic (exact) mass is 864 g/mol. The minimum Gasteiger partial charge on any atom is -0.313 e. The van der Waals surface area contributed by atoms with Crippen molar-refractivity contribution in [3.63, 3.8) is 0 Å². The van der Waals surface area contributed by atoms with Crippen molar-refractivity contribution < 1.29 is 0 Å². The van der Waals surface area contributed by atoms with Gasteiger partial charge in [0.05, 0.1) is 11.2 Å². The van der Waals surface area contributed by atoms with E-state index in [2.05, 4.69) is 254 Å². The molecule has 0 aliphatic rings. The number of rotatable bonds is 6. The lowest BCUT2D eigenvalue weighted by Crippen LogP contribution is -2.09. The van der Waals surface area contributed by atoms with E-state index in [0.717, 1.165) is 17.1 Å². The molecule has 0 atom stereocenters. The summed E-state index contributed by atoms with van der Waals surface area (Å²) < 4.78 is 2.54. The van der Waals surface area contributed by atoms with Gasteiger partial charge in [0.25, 0.3) is 0 Å². The van der Waals surface area contributed by atoms with Crippen LogP contribution in [0.5, 0.6) is 0 Å². The van der Waals surface area contributed by atoms with Crippen LogP contribution in [0.15, 0.2) is 231 Å². The third-order valence-corrected chi connectivity index (χ3v) is 14.8. The van der Waals surface area contributed by atoms with Crippen LogP contribution in [0, 0.1) is 13.8 Å². The zero-order valence-corrected chi connectivity index (χ0v) is 37.8. The predicted octanol–water partition coefficient (Wildman–Crippen LogP) is 18.6. The number of hydrogen-bond acceptors (Lipinski definition) is 1. The maximum absolute atomic E-state index is 2.54. The molecule has 318 valence electrons. The van der Waals surface area contributed by atoms with Gasteiger partial charge < -0.3 is 9.47 Å². The summed E-state index contributed by atoms with van der Waals surface area (Å²) >= 11 is 0. The molecule has 14 aromatic rings. The molecule has 0 spiro atoms. The molecular weight excluding hydrogens is 821 g/mol. The van der Waals surface area contributed by atoms with Crippen molar-refractivity contribution >= 4 is 103 Å². The van der Waals surface area contributed by atoms with E-state index in [0.29, 0.717) is 0 Å². The molecule has 2 nitrogen and oxygen atoms in total. The largest absolute Gasteiger partial charge is 0.313 e. The molecule has 0 unspecified atom stereocenters. The Balaban J connectivity index is 1.14. The zero-order valence-electron chi connectivity index (χ0n) is 37.8. The van der Waals surface area contributed by atoms with E-state index >= 15 is 0 Å². The summed E-state index contributed by atoms with van der Waals surface area (Å²) in [6, 6.07) is 85.8. The van der Waals surface area contributed by atoms with Crippen LogP contribution in [-0.2, 0) is 0 Å². The lowest BCUT2D eigenvalue weighted by molar-refractivity contribution is 1.05. The number of para-hydroxylation sites is 2. The third-order valence-electron chi connectivity index (χ3n) is 14.8. The summed E-state index contributed by atoms with van der Waals surface area (Å²) in [6.45, 7) is 4.61. The molecule has 0 amide bonds. The van der Waals surface area contributed by atoms with Crippen molar-refractivity contribution in [3.05, 3.63) is 242 Å². The van der Waals surface area contributed by atoms with Gasteiger partial charge in [-0.1, -0.05) is 164 Å².